The van der Waals surface area contributed by atoms with Crippen molar-refractivity contribution in [2.24, 2.45) is 11.7 Å². The van der Waals surface area contributed by atoms with Crippen molar-refractivity contribution in [2.45, 2.75) is 26.7 Å². The van der Waals surface area contributed by atoms with E-state index in [0.29, 0.717) is 0 Å². The van der Waals surface area contributed by atoms with E-state index in [0.717, 1.165) is 25.9 Å². The average molecular weight is 232 g/mol. The summed E-state index contributed by atoms with van der Waals surface area (Å²) >= 11 is 0. The summed E-state index contributed by atoms with van der Waals surface area (Å²) in [6.45, 7) is 6.10. The number of amides is 1. The minimum Gasteiger partial charge on any atom is -0.371 e. The fraction of sp³-hybridized carbons (Fsp3) is 0.500. The van der Waals surface area contributed by atoms with Gasteiger partial charge in [-0.25, -0.2) is 0 Å². The predicted octanol–water partition coefficient (Wildman–Crippen LogP) is 2.01. The van der Waals surface area contributed by atoms with Crippen LogP contribution in [-0.2, 0) is 4.79 Å². The Bertz CT molecular complexity index is 420. The highest BCUT2D eigenvalue weighted by Crippen LogP contribution is 2.26. The molecule has 0 unspecified atom stereocenters. The third-order valence-corrected chi connectivity index (χ3v) is 3.60. The molecule has 0 aromatic heterocycles. The van der Waals surface area contributed by atoms with Gasteiger partial charge >= 0.3 is 0 Å². The lowest BCUT2D eigenvalue weighted by molar-refractivity contribution is -0.122. The molecule has 2 N–H and O–H groups in total. The summed E-state index contributed by atoms with van der Waals surface area (Å²) in [6, 6.07) is 6.51. The molecule has 1 aliphatic heterocycles. The maximum atomic E-state index is 11.1. The average Bonchev–Trinajstić information content (AvgIpc) is 2.32. The van der Waals surface area contributed by atoms with E-state index in [1.165, 1.54) is 16.8 Å². The number of benzene rings is 1. The number of aryl methyl sites for hydroxylation is 2. The highest BCUT2D eigenvalue weighted by atomic mass is 16.1. The van der Waals surface area contributed by atoms with E-state index in [-0.39, 0.29) is 11.8 Å². The molecule has 1 heterocycles. The Morgan fingerprint density at radius 1 is 1.29 bits per heavy atom. The molecule has 0 bridgehead atoms. The van der Waals surface area contributed by atoms with Crippen LogP contribution in [0.1, 0.15) is 24.0 Å². The number of piperidine rings is 1. The summed E-state index contributed by atoms with van der Waals surface area (Å²) in [7, 11) is 0. The first-order valence-corrected chi connectivity index (χ1v) is 6.19. The van der Waals surface area contributed by atoms with Gasteiger partial charge in [0, 0.05) is 24.7 Å². The number of rotatable bonds is 2. The first-order chi connectivity index (χ1) is 8.08. The van der Waals surface area contributed by atoms with Crippen molar-refractivity contribution in [3.63, 3.8) is 0 Å². The number of nitrogens with zero attached hydrogens (tertiary/aromatic N) is 1. The highest BCUT2D eigenvalue weighted by Gasteiger charge is 2.23. The van der Waals surface area contributed by atoms with Crippen LogP contribution in [0.25, 0.3) is 0 Å². The van der Waals surface area contributed by atoms with Gasteiger partial charge < -0.3 is 10.6 Å². The zero-order valence-corrected chi connectivity index (χ0v) is 10.6. The van der Waals surface area contributed by atoms with E-state index in [1.807, 2.05) is 0 Å². The third-order valence-electron chi connectivity index (χ3n) is 3.60. The number of hydrogen-bond acceptors (Lipinski definition) is 2. The van der Waals surface area contributed by atoms with E-state index >= 15 is 0 Å². The van der Waals surface area contributed by atoms with E-state index in [2.05, 4.69) is 36.9 Å². The van der Waals surface area contributed by atoms with Gasteiger partial charge in [-0.05, 0) is 43.9 Å². The molecule has 0 aliphatic carbocycles. The van der Waals surface area contributed by atoms with Crippen LogP contribution in [0.3, 0.4) is 0 Å². The minimum atomic E-state index is -0.148. The Morgan fingerprint density at radius 2 is 1.94 bits per heavy atom. The van der Waals surface area contributed by atoms with Crippen LogP contribution in [0.2, 0.25) is 0 Å². The van der Waals surface area contributed by atoms with Gasteiger partial charge in [-0.3, -0.25) is 4.79 Å². The zero-order chi connectivity index (χ0) is 12.4. The van der Waals surface area contributed by atoms with Gasteiger partial charge in [0.25, 0.3) is 0 Å². The lowest BCUT2D eigenvalue weighted by Gasteiger charge is -2.33. The summed E-state index contributed by atoms with van der Waals surface area (Å²) in [5.74, 6) is -0.0815. The fourth-order valence-corrected chi connectivity index (χ4v) is 2.47. The largest absolute Gasteiger partial charge is 0.371 e. The summed E-state index contributed by atoms with van der Waals surface area (Å²) in [6.07, 6.45) is 1.76. The second kappa shape index (κ2) is 4.78. The Morgan fingerprint density at radius 3 is 2.53 bits per heavy atom. The lowest BCUT2D eigenvalue weighted by Crippen LogP contribution is -2.38. The zero-order valence-electron chi connectivity index (χ0n) is 10.6. The van der Waals surface area contributed by atoms with E-state index < -0.39 is 0 Å². The molecule has 3 heteroatoms. The summed E-state index contributed by atoms with van der Waals surface area (Å²) < 4.78 is 0. The Labute approximate surface area is 103 Å². The molecule has 0 radical (unpaired) electrons. The molecule has 1 aliphatic rings. The van der Waals surface area contributed by atoms with Crippen molar-refractivity contribution in [1.29, 1.82) is 0 Å². The van der Waals surface area contributed by atoms with Crippen LogP contribution < -0.4 is 10.6 Å². The van der Waals surface area contributed by atoms with Gasteiger partial charge in [0.1, 0.15) is 0 Å². The quantitative estimate of drug-likeness (QED) is 0.847. The Kier molecular flexibility index (Phi) is 3.36. The van der Waals surface area contributed by atoms with E-state index in [4.69, 9.17) is 5.73 Å². The molecule has 0 atom stereocenters. The van der Waals surface area contributed by atoms with Crippen LogP contribution in [0.4, 0.5) is 5.69 Å². The van der Waals surface area contributed by atoms with Crippen molar-refractivity contribution in [3.8, 4) is 0 Å². The second-order valence-electron chi connectivity index (χ2n) is 4.95. The monoisotopic (exact) mass is 232 g/mol. The van der Waals surface area contributed by atoms with Crippen molar-refractivity contribution in [3.05, 3.63) is 29.3 Å². The van der Waals surface area contributed by atoms with Crippen molar-refractivity contribution in [2.75, 3.05) is 18.0 Å². The van der Waals surface area contributed by atoms with E-state index in [1.54, 1.807) is 0 Å². The van der Waals surface area contributed by atoms with Crippen molar-refractivity contribution >= 4 is 11.6 Å². The van der Waals surface area contributed by atoms with E-state index in [9.17, 15) is 4.79 Å². The predicted molar refractivity (Wildman–Crippen MR) is 70.0 cm³/mol. The molecule has 92 valence electrons. The number of carbonyl (C=O) groups is 1. The van der Waals surface area contributed by atoms with Gasteiger partial charge in [0.2, 0.25) is 5.91 Å². The van der Waals surface area contributed by atoms with Gasteiger partial charge in [-0.2, -0.15) is 0 Å². The molecule has 17 heavy (non-hydrogen) atoms. The molecule has 0 spiro atoms. The van der Waals surface area contributed by atoms with Crippen LogP contribution in [0, 0.1) is 19.8 Å². The summed E-state index contributed by atoms with van der Waals surface area (Å²) in [5.41, 5.74) is 9.23. The second-order valence-corrected chi connectivity index (χ2v) is 4.95. The van der Waals surface area contributed by atoms with Crippen LogP contribution in [0.5, 0.6) is 0 Å². The van der Waals surface area contributed by atoms with Crippen LogP contribution in [0.15, 0.2) is 18.2 Å². The van der Waals surface area contributed by atoms with Gasteiger partial charge in [-0.1, -0.05) is 12.1 Å². The maximum absolute atomic E-state index is 11.1. The van der Waals surface area contributed by atoms with Gasteiger partial charge in [0.15, 0.2) is 0 Å². The molecular weight excluding hydrogens is 212 g/mol. The molecule has 1 aromatic rings. The van der Waals surface area contributed by atoms with Crippen LogP contribution >= 0.6 is 0 Å². The summed E-state index contributed by atoms with van der Waals surface area (Å²) in [5, 5.41) is 0. The molecule has 0 saturated carbocycles. The highest BCUT2D eigenvalue weighted by molar-refractivity contribution is 5.77. The number of primary amides is 1. The number of carbonyl (C=O) groups excluding carboxylic acids is 1. The third kappa shape index (κ3) is 2.60. The SMILES string of the molecule is Cc1ccc(C)c(N2CCC(C(N)=O)CC2)c1. The first-order valence-electron chi connectivity index (χ1n) is 6.19. The molecule has 1 aromatic carbocycles. The van der Waals surface area contributed by atoms with Crippen LogP contribution in [-0.4, -0.2) is 19.0 Å². The number of hydrogen-bond donors (Lipinski definition) is 1. The number of anilines is 1. The Hall–Kier alpha value is -1.51. The smallest absolute Gasteiger partial charge is 0.220 e. The first kappa shape index (κ1) is 12.0. The molecule has 2 rings (SSSR count). The standard InChI is InChI=1S/C14H20N2O/c1-10-3-4-11(2)13(9-10)16-7-5-12(6-8-16)14(15)17/h3-4,9,12H,5-8H2,1-2H3,(H2,15,17). The van der Waals surface area contributed by atoms with Gasteiger partial charge in [0.05, 0.1) is 0 Å². The van der Waals surface area contributed by atoms with Gasteiger partial charge in [-0.15, -0.1) is 0 Å². The normalized spacial score (nSPS) is 17.2. The molecule has 1 fully saturated rings. The summed E-state index contributed by atoms with van der Waals surface area (Å²) in [4.78, 5) is 13.5. The lowest BCUT2D eigenvalue weighted by atomic mass is 9.95. The maximum Gasteiger partial charge on any atom is 0.220 e. The topological polar surface area (TPSA) is 46.3 Å². The molecular formula is C14H20N2O. The van der Waals surface area contributed by atoms with Crippen molar-refractivity contribution in [1.82, 2.24) is 0 Å². The minimum absolute atomic E-state index is 0.0661. The Balaban J connectivity index is 2.10. The molecule has 1 amide bonds. The number of nitrogens with two attached hydrogens (primary N) is 1. The fourth-order valence-electron chi connectivity index (χ4n) is 2.47. The van der Waals surface area contributed by atoms with Crippen molar-refractivity contribution < 1.29 is 4.79 Å². The molecule has 3 nitrogen and oxygen atoms in total. The molecule has 1 saturated heterocycles.